The zero-order chi connectivity index (χ0) is 24.0. The van der Waals surface area contributed by atoms with Crippen molar-refractivity contribution >= 4 is 52.6 Å². The molecule has 5 heterocycles. The summed E-state index contributed by atoms with van der Waals surface area (Å²) in [7, 11) is 1.80. The average molecular weight is 484 g/mol. The highest BCUT2D eigenvalue weighted by Gasteiger charge is 2.28. The lowest BCUT2D eigenvalue weighted by Gasteiger charge is -2.36. The number of nitrogens with one attached hydrogen (secondary N) is 2. The van der Waals surface area contributed by atoms with E-state index in [4.69, 9.17) is 17.3 Å². The van der Waals surface area contributed by atoms with Gasteiger partial charge in [0.15, 0.2) is 5.82 Å². The normalized spacial score (nSPS) is 16.5. The Hall–Kier alpha value is -3.73. The molecule has 3 aromatic rings. The number of pyridine rings is 1. The smallest absolute Gasteiger partial charge is 0.241 e. The van der Waals surface area contributed by atoms with E-state index >= 15 is 0 Å². The Balaban J connectivity index is 1.44. The second-order valence-electron chi connectivity index (χ2n) is 8.55. The maximum absolute atomic E-state index is 13.0. The molecule has 1 fully saturated rings. The fourth-order valence-electron chi connectivity index (χ4n) is 4.44. The van der Waals surface area contributed by atoms with Gasteiger partial charge in [-0.3, -0.25) is 14.0 Å². The van der Waals surface area contributed by atoms with Crippen molar-refractivity contribution < 1.29 is 9.59 Å². The number of fused-ring (bicyclic) bond motifs is 2. The van der Waals surface area contributed by atoms with Gasteiger partial charge in [0, 0.05) is 44.0 Å². The van der Waals surface area contributed by atoms with Gasteiger partial charge in [-0.2, -0.15) is 0 Å². The Kier molecular flexibility index (Phi) is 5.56. The van der Waals surface area contributed by atoms with E-state index in [0.29, 0.717) is 36.0 Å². The van der Waals surface area contributed by atoms with Crippen LogP contribution in [0.2, 0.25) is 5.02 Å². The molecule has 2 aliphatic rings. The summed E-state index contributed by atoms with van der Waals surface area (Å²) in [6.07, 6.45) is 7.18. The number of anilines is 3. The first-order valence-electron chi connectivity index (χ1n) is 11.0. The van der Waals surface area contributed by atoms with E-state index in [1.807, 2.05) is 34.6 Å². The molecule has 0 spiro atoms. The highest BCUT2D eigenvalue weighted by molar-refractivity contribution is 6.34. The van der Waals surface area contributed by atoms with Gasteiger partial charge >= 0.3 is 0 Å². The van der Waals surface area contributed by atoms with Gasteiger partial charge in [-0.15, -0.1) is 5.10 Å². The number of aromatic nitrogens is 4. The van der Waals surface area contributed by atoms with Gasteiger partial charge in [-0.1, -0.05) is 11.6 Å². The molecular formula is C22H26ClN9O2. The number of nitrogens with zero attached hydrogens (tertiary/aromatic N) is 6. The van der Waals surface area contributed by atoms with Gasteiger partial charge in [-0.05, 0) is 19.1 Å². The van der Waals surface area contributed by atoms with Crippen molar-refractivity contribution in [2.75, 3.05) is 49.2 Å². The fourth-order valence-corrected chi connectivity index (χ4v) is 4.70. The molecule has 0 bridgehead atoms. The molecule has 2 aliphatic heterocycles. The zero-order valence-electron chi connectivity index (χ0n) is 19.0. The Morgan fingerprint density at radius 3 is 3.00 bits per heavy atom. The number of hydrogen-bond donors (Lipinski definition) is 3. The summed E-state index contributed by atoms with van der Waals surface area (Å²) < 4.78 is 3.52. The van der Waals surface area contributed by atoms with Crippen LogP contribution in [0.1, 0.15) is 24.1 Å². The number of nitrogen functional groups attached to an aromatic ring is 1. The van der Waals surface area contributed by atoms with Crippen LogP contribution in [0, 0.1) is 0 Å². The number of likely N-dealkylation sites (N-methyl/N-ethyl adjacent to an activating group) is 1. The summed E-state index contributed by atoms with van der Waals surface area (Å²) >= 11 is 6.55. The summed E-state index contributed by atoms with van der Waals surface area (Å²) in [5.41, 5.74) is 8.26. The SMILES string of the molecule is CC(NC(=O)Cc1c(N)nn2c1NCC=C2)c1cc(Cl)c2cncn2c1N1CCN(C)C(=O)C1. The molecule has 0 aromatic carbocycles. The van der Waals surface area contributed by atoms with Crippen LogP contribution in [0.25, 0.3) is 11.7 Å². The lowest BCUT2D eigenvalue weighted by atomic mass is 10.1. The van der Waals surface area contributed by atoms with Crippen molar-refractivity contribution in [3.05, 3.63) is 40.8 Å². The van der Waals surface area contributed by atoms with Gasteiger partial charge in [0.1, 0.15) is 18.0 Å². The maximum Gasteiger partial charge on any atom is 0.241 e. The quantitative estimate of drug-likeness (QED) is 0.500. The summed E-state index contributed by atoms with van der Waals surface area (Å²) in [5.74, 6) is 1.66. The van der Waals surface area contributed by atoms with Gasteiger partial charge in [0.25, 0.3) is 0 Å². The topological polar surface area (TPSA) is 126 Å². The lowest BCUT2D eigenvalue weighted by Crippen LogP contribution is -2.49. The summed E-state index contributed by atoms with van der Waals surface area (Å²) in [6.45, 7) is 4.03. The standard InChI is InChI=1S/C22H26ClN9O2/c1-13(27-18(33)9-15-20(24)28-32-5-3-4-26-21(15)32)14-8-16(23)17-10-25-12-31(17)22(14)30-7-6-29(2)19(34)11-30/h3,5,8,10,12-13,26H,4,6-7,9,11H2,1-2H3,(H2,24,28)(H,27,33). The van der Waals surface area contributed by atoms with Crippen LogP contribution < -0.4 is 21.3 Å². The zero-order valence-corrected chi connectivity index (χ0v) is 19.7. The van der Waals surface area contributed by atoms with Crippen molar-refractivity contribution in [1.82, 2.24) is 29.4 Å². The van der Waals surface area contributed by atoms with E-state index in [2.05, 4.69) is 20.7 Å². The maximum atomic E-state index is 13.0. The van der Waals surface area contributed by atoms with Crippen molar-refractivity contribution in [2.45, 2.75) is 19.4 Å². The minimum absolute atomic E-state index is 0.0279. The summed E-state index contributed by atoms with van der Waals surface area (Å²) in [5, 5.41) is 11.1. The van der Waals surface area contributed by atoms with E-state index in [1.54, 1.807) is 29.2 Å². The first-order valence-corrected chi connectivity index (χ1v) is 11.4. The number of amides is 2. The minimum Gasteiger partial charge on any atom is -0.382 e. The van der Waals surface area contributed by atoms with Crippen LogP contribution in [-0.4, -0.2) is 69.1 Å². The Morgan fingerprint density at radius 1 is 1.38 bits per heavy atom. The Labute approximate surface area is 201 Å². The van der Waals surface area contributed by atoms with E-state index in [-0.39, 0.29) is 30.8 Å². The Morgan fingerprint density at radius 2 is 2.21 bits per heavy atom. The molecular weight excluding hydrogens is 458 g/mol. The van der Waals surface area contributed by atoms with Gasteiger partial charge in [-0.25, -0.2) is 9.67 Å². The third-order valence-electron chi connectivity index (χ3n) is 6.26. The monoisotopic (exact) mass is 483 g/mol. The molecule has 11 nitrogen and oxygen atoms in total. The first kappa shape index (κ1) is 22.1. The van der Waals surface area contributed by atoms with Gasteiger partial charge in [0.2, 0.25) is 11.8 Å². The van der Waals surface area contributed by atoms with Crippen LogP contribution in [0.15, 0.2) is 24.7 Å². The molecule has 3 aromatic heterocycles. The third-order valence-corrected chi connectivity index (χ3v) is 6.57. The van der Waals surface area contributed by atoms with E-state index in [1.165, 1.54) is 0 Å². The number of piperazine rings is 1. The molecule has 2 amide bonds. The number of rotatable bonds is 5. The molecule has 34 heavy (non-hydrogen) atoms. The molecule has 5 rings (SSSR count). The predicted molar refractivity (Wildman–Crippen MR) is 131 cm³/mol. The van der Waals surface area contributed by atoms with Crippen molar-refractivity contribution in [3.8, 4) is 0 Å². The van der Waals surface area contributed by atoms with Gasteiger partial charge < -0.3 is 26.2 Å². The van der Waals surface area contributed by atoms with E-state index in [0.717, 1.165) is 22.7 Å². The minimum atomic E-state index is -0.387. The summed E-state index contributed by atoms with van der Waals surface area (Å²) in [6, 6.07) is 1.45. The predicted octanol–water partition coefficient (Wildman–Crippen LogP) is 1.36. The molecule has 0 radical (unpaired) electrons. The Bertz CT molecular complexity index is 1310. The van der Waals surface area contributed by atoms with Crippen molar-refractivity contribution in [2.24, 2.45) is 0 Å². The number of halogens is 1. The average Bonchev–Trinajstić information content (AvgIpc) is 3.41. The fraction of sp³-hybridized carbons (Fsp3) is 0.364. The number of nitrogens with two attached hydrogens (primary N) is 1. The number of imidazole rings is 1. The lowest BCUT2D eigenvalue weighted by molar-refractivity contribution is -0.129. The summed E-state index contributed by atoms with van der Waals surface area (Å²) in [4.78, 5) is 33.4. The number of carbonyl (C=O) groups excluding carboxylic acids is 2. The van der Waals surface area contributed by atoms with Crippen LogP contribution in [-0.2, 0) is 16.0 Å². The number of hydrogen-bond acceptors (Lipinski definition) is 7. The molecule has 178 valence electrons. The third kappa shape index (κ3) is 3.81. The number of carbonyl (C=O) groups is 2. The van der Waals surface area contributed by atoms with Crippen LogP contribution in [0.5, 0.6) is 0 Å². The highest BCUT2D eigenvalue weighted by atomic mass is 35.5. The molecule has 12 heteroatoms. The van der Waals surface area contributed by atoms with E-state index in [9.17, 15) is 9.59 Å². The van der Waals surface area contributed by atoms with E-state index < -0.39 is 0 Å². The largest absolute Gasteiger partial charge is 0.382 e. The van der Waals surface area contributed by atoms with Gasteiger partial charge in [0.05, 0.1) is 35.7 Å². The van der Waals surface area contributed by atoms with Crippen molar-refractivity contribution in [1.29, 1.82) is 0 Å². The van der Waals surface area contributed by atoms with Crippen LogP contribution in [0.4, 0.5) is 17.5 Å². The molecule has 1 saturated heterocycles. The second kappa shape index (κ2) is 8.56. The second-order valence-corrected chi connectivity index (χ2v) is 8.95. The molecule has 4 N–H and O–H groups in total. The van der Waals surface area contributed by atoms with Crippen molar-refractivity contribution in [3.63, 3.8) is 0 Å². The van der Waals surface area contributed by atoms with Crippen LogP contribution >= 0.6 is 11.6 Å². The molecule has 0 saturated carbocycles. The molecule has 1 unspecified atom stereocenters. The highest BCUT2D eigenvalue weighted by Crippen LogP contribution is 2.33. The first-order chi connectivity index (χ1) is 16.3. The van der Waals surface area contributed by atoms with Crippen LogP contribution in [0.3, 0.4) is 0 Å². The molecule has 0 aliphatic carbocycles. The molecule has 1 atom stereocenters.